The predicted octanol–water partition coefficient (Wildman–Crippen LogP) is 3.50. The van der Waals surface area contributed by atoms with Crippen molar-refractivity contribution in [1.82, 2.24) is 0 Å². The van der Waals surface area contributed by atoms with Crippen LogP contribution in [0.3, 0.4) is 0 Å². The quantitative estimate of drug-likeness (QED) is 0.564. The summed E-state index contributed by atoms with van der Waals surface area (Å²) < 4.78 is 3.05. The van der Waals surface area contributed by atoms with Gasteiger partial charge in [-0.05, 0) is 40.8 Å². The molecule has 1 heterocycles. The van der Waals surface area contributed by atoms with Crippen molar-refractivity contribution < 1.29 is 5.11 Å². The lowest BCUT2D eigenvalue weighted by atomic mass is 10.2. The zero-order valence-corrected chi connectivity index (χ0v) is 9.78. The summed E-state index contributed by atoms with van der Waals surface area (Å²) in [5, 5.41) is 10.5. The van der Waals surface area contributed by atoms with E-state index in [4.69, 9.17) is 0 Å². The predicted molar refractivity (Wildman–Crippen MR) is 63.5 cm³/mol. The Hall–Kier alpha value is 0.0600. The Morgan fingerprint density at radius 3 is 2.92 bits per heavy atom. The average Bonchev–Trinajstić information content (AvgIpc) is 2.39. The van der Waals surface area contributed by atoms with Crippen LogP contribution in [0.25, 0.3) is 10.1 Å². The first-order chi connectivity index (χ1) is 5.68. The minimum Gasteiger partial charge on any atom is -0.507 e. The van der Waals surface area contributed by atoms with Gasteiger partial charge < -0.3 is 5.11 Å². The molecule has 0 fully saturated rings. The van der Waals surface area contributed by atoms with Crippen molar-refractivity contribution in [3.05, 3.63) is 21.8 Å². The molecule has 12 heavy (non-hydrogen) atoms. The van der Waals surface area contributed by atoms with Crippen LogP contribution in [0.15, 0.2) is 22.4 Å². The number of thiophene rings is 1. The number of rotatable bonds is 0. The van der Waals surface area contributed by atoms with Crippen LogP contribution >= 0.6 is 46.6 Å². The minimum absolute atomic E-state index is 0.342. The molecule has 0 saturated carbocycles. The molecule has 0 unspecified atom stereocenters. The maximum absolute atomic E-state index is 9.40. The standard InChI is InChI=1S/C8H5IOS2/c9-8-4-3-7(11)12-6(4)2-1-5(8)10/h1-3,10-11H. The van der Waals surface area contributed by atoms with Crippen molar-refractivity contribution in [2.24, 2.45) is 0 Å². The molecule has 1 nitrogen and oxygen atoms in total. The van der Waals surface area contributed by atoms with Crippen LogP contribution in [0.2, 0.25) is 0 Å². The fraction of sp³-hybridized carbons (Fsp3) is 0. The van der Waals surface area contributed by atoms with E-state index in [0.717, 1.165) is 13.2 Å². The molecule has 0 saturated heterocycles. The Kier molecular flexibility index (Phi) is 2.22. The normalized spacial score (nSPS) is 10.8. The summed E-state index contributed by atoms with van der Waals surface area (Å²) in [6.07, 6.45) is 0. The third-order valence-electron chi connectivity index (χ3n) is 1.60. The van der Waals surface area contributed by atoms with E-state index < -0.39 is 0 Å². The van der Waals surface area contributed by atoms with E-state index >= 15 is 0 Å². The second-order valence-corrected chi connectivity index (χ2v) is 5.34. The number of benzene rings is 1. The smallest absolute Gasteiger partial charge is 0.129 e. The van der Waals surface area contributed by atoms with Crippen LogP contribution in [0, 0.1) is 3.57 Å². The highest BCUT2D eigenvalue weighted by Crippen LogP contribution is 2.35. The summed E-state index contributed by atoms with van der Waals surface area (Å²) in [6, 6.07) is 5.61. The van der Waals surface area contributed by atoms with Gasteiger partial charge in [-0.2, -0.15) is 0 Å². The summed E-state index contributed by atoms with van der Waals surface area (Å²) in [5.74, 6) is 0.342. The van der Waals surface area contributed by atoms with Gasteiger partial charge in [0.1, 0.15) is 5.75 Å². The Morgan fingerprint density at radius 2 is 2.17 bits per heavy atom. The largest absolute Gasteiger partial charge is 0.507 e. The molecule has 0 aliphatic carbocycles. The van der Waals surface area contributed by atoms with Gasteiger partial charge in [-0.15, -0.1) is 24.0 Å². The third kappa shape index (κ3) is 1.31. The SMILES string of the molecule is Oc1ccc2sc(S)cc2c1I. The summed E-state index contributed by atoms with van der Waals surface area (Å²) >= 11 is 8.02. The number of fused-ring (bicyclic) bond motifs is 1. The maximum atomic E-state index is 9.40. The van der Waals surface area contributed by atoms with E-state index in [1.165, 1.54) is 4.70 Å². The molecule has 0 spiro atoms. The fourth-order valence-electron chi connectivity index (χ4n) is 1.05. The highest BCUT2D eigenvalue weighted by atomic mass is 127. The molecule has 1 aromatic carbocycles. The van der Waals surface area contributed by atoms with E-state index in [1.54, 1.807) is 17.4 Å². The number of phenols is 1. The molecule has 0 bridgehead atoms. The van der Waals surface area contributed by atoms with E-state index in [9.17, 15) is 5.11 Å². The van der Waals surface area contributed by atoms with Gasteiger partial charge in [-0.3, -0.25) is 0 Å². The van der Waals surface area contributed by atoms with Gasteiger partial charge >= 0.3 is 0 Å². The first-order valence-electron chi connectivity index (χ1n) is 3.28. The van der Waals surface area contributed by atoms with Crippen molar-refractivity contribution in [3.8, 4) is 5.75 Å². The molecule has 1 N–H and O–H groups in total. The Balaban J connectivity index is 2.89. The number of hydrogen-bond donors (Lipinski definition) is 2. The first kappa shape index (κ1) is 8.65. The van der Waals surface area contributed by atoms with Crippen LogP contribution in [0.4, 0.5) is 0 Å². The van der Waals surface area contributed by atoms with Gasteiger partial charge in [-0.1, -0.05) is 0 Å². The van der Waals surface area contributed by atoms with Crippen LogP contribution in [0.1, 0.15) is 0 Å². The second kappa shape index (κ2) is 3.08. The molecule has 62 valence electrons. The summed E-state index contributed by atoms with van der Waals surface area (Å²) in [7, 11) is 0. The number of hydrogen-bond acceptors (Lipinski definition) is 3. The maximum Gasteiger partial charge on any atom is 0.129 e. The van der Waals surface area contributed by atoms with Crippen molar-refractivity contribution in [2.75, 3.05) is 0 Å². The van der Waals surface area contributed by atoms with Crippen LogP contribution < -0.4 is 0 Å². The summed E-state index contributed by atoms with van der Waals surface area (Å²) in [6.45, 7) is 0. The van der Waals surface area contributed by atoms with Crippen molar-refractivity contribution in [2.45, 2.75) is 4.21 Å². The van der Waals surface area contributed by atoms with Gasteiger partial charge in [-0.25, -0.2) is 0 Å². The van der Waals surface area contributed by atoms with Gasteiger partial charge in [0.2, 0.25) is 0 Å². The molecule has 0 radical (unpaired) electrons. The lowest BCUT2D eigenvalue weighted by molar-refractivity contribution is 0.472. The van der Waals surface area contributed by atoms with Crippen LogP contribution in [0.5, 0.6) is 5.75 Å². The molecule has 1 aromatic heterocycles. The number of aromatic hydroxyl groups is 1. The zero-order chi connectivity index (χ0) is 8.72. The molecule has 0 aliphatic rings. The molecule has 0 atom stereocenters. The number of phenolic OH excluding ortho intramolecular Hbond substituents is 1. The van der Waals surface area contributed by atoms with E-state index in [-0.39, 0.29) is 0 Å². The highest BCUT2D eigenvalue weighted by molar-refractivity contribution is 14.1. The average molecular weight is 308 g/mol. The Labute approximate surface area is 93.0 Å². The summed E-state index contributed by atoms with van der Waals surface area (Å²) in [4.78, 5) is 0. The fourth-order valence-corrected chi connectivity index (χ4v) is 3.10. The van der Waals surface area contributed by atoms with Gasteiger partial charge in [0.05, 0.1) is 7.78 Å². The lowest BCUT2D eigenvalue weighted by Gasteiger charge is -1.96. The Bertz CT molecular complexity index is 436. The van der Waals surface area contributed by atoms with Gasteiger partial charge in [0.25, 0.3) is 0 Å². The zero-order valence-electron chi connectivity index (χ0n) is 5.91. The minimum atomic E-state index is 0.342. The third-order valence-corrected chi connectivity index (χ3v) is 4.04. The number of halogens is 1. The highest BCUT2D eigenvalue weighted by Gasteiger charge is 2.05. The van der Waals surface area contributed by atoms with E-state index in [2.05, 4.69) is 35.2 Å². The van der Waals surface area contributed by atoms with Gasteiger partial charge in [0, 0.05) is 10.1 Å². The van der Waals surface area contributed by atoms with Crippen LogP contribution in [-0.4, -0.2) is 5.11 Å². The molecule has 0 amide bonds. The van der Waals surface area contributed by atoms with Crippen molar-refractivity contribution >= 4 is 56.6 Å². The Morgan fingerprint density at radius 1 is 1.42 bits per heavy atom. The molecular formula is C8H5IOS2. The first-order valence-corrected chi connectivity index (χ1v) is 5.62. The van der Waals surface area contributed by atoms with Crippen LogP contribution in [-0.2, 0) is 0 Å². The van der Waals surface area contributed by atoms with E-state index in [1.807, 2.05) is 12.1 Å². The molecule has 0 aliphatic heterocycles. The monoisotopic (exact) mass is 308 g/mol. The topological polar surface area (TPSA) is 20.2 Å². The second-order valence-electron chi connectivity index (χ2n) is 2.40. The molecular weight excluding hydrogens is 303 g/mol. The van der Waals surface area contributed by atoms with Gasteiger partial charge in [0.15, 0.2) is 0 Å². The molecule has 2 aromatic rings. The molecule has 2 rings (SSSR count). The number of thiol groups is 1. The summed E-state index contributed by atoms with van der Waals surface area (Å²) in [5.41, 5.74) is 0. The lowest BCUT2D eigenvalue weighted by Crippen LogP contribution is -1.72. The molecule has 4 heteroatoms. The van der Waals surface area contributed by atoms with E-state index in [0.29, 0.717) is 5.75 Å². The van der Waals surface area contributed by atoms with Crippen molar-refractivity contribution in [1.29, 1.82) is 0 Å². The van der Waals surface area contributed by atoms with Crippen molar-refractivity contribution in [3.63, 3.8) is 0 Å².